The third-order valence-electron chi connectivity index (χ3n) is 3.96. The fourth-order valence-electron chi connectivity index (χ4n) is 2.53. The number of carbonyl (C=O) groups is 2. The molecule has 6 nitrogen and oxygen atoms in total. The zero-order valence-electron chi connectivity index (χ0n) is 14.8. The van der Waals surface area contributed by atoms with Crippen molar-refractivity contribution in [1.29, 1.82) is 0 Å². The predicted molar refractivity (Wildman–Crippen MR) is 103 cm³/mol. The summed E-state index contributed by atoms with van der Waals surface area (Å²) in [4.78, 5) is 28.7. The number of carbonyl (C=O) groups excluding carboxylic acids is 2. The second-order valence-corrected chi connectivity index (χ2v) is 5.77. The van der Waals surface area contributed by atoms with Gasteiger partial charge in [-0.15, -0.1) is 0 Å². The molecule has 6 heteroatoms. The molecule has 0 unspecified atom stereocenters. The minimum atomic E-state index is -0.255. The quantitative estimate of drug-likeness (QED) is 0.706. The van der Waals surface area contributed by atoms with Crippen molar-refractivity contribution in [1.82, 2.24) is 10.3 Å². The van der Waals surface area contributed by atoms with E-state index >= 15 is 0 Å². The van der Waals surface area contributed by atoms with Gasteiger partial charge in [0.2, 0.25) is 0 Å². The molecule has 0 atom stereocenters. The number of pyridine rings is 1. The molecular formula is C21H19N3O3. The van der Waals surface area contributed by atoms with Gasteiger partial charge in [-0.05, 0) is 42.0 Å². The summed E-state index contributed by atoms with van der Waals surface area (Å²) in [6.45, 7) is 0.277. The Morgan fingerprint density at radius 1 is 0.963 bits per heavy atom. The number of rotatable bonds is 6. The molecule has 3 aromatic rings. The normalized spacial score (nSPS) is 10.1. The molecule has 0 spiro atoms. The molecule has 1 heterocycles. The van der Waals surface area contributed by atoms with E-state index in [2.05, 4.69) is 15.6 Å². The van der Waals surface area contributed by atoms with Gasteiger partial charge >= 0.3 is 0 Å². The first-order valence-electron chi connectivity index (χ1n) is 8.39. The Morgan fingerprint density at radius 3 is 2.56 bits per heavy atom. The number of nitrogens with zero attached hydrogens (tertiary/aromatic N) is 1. The summed E-state index contributed by atoms with van der Waals surface area (Å²) in [5.74, 6) is 0.142. The lowest BCUT2D eigenvalue weighted by atomic mass is 10.1. The Morgan fingerprint density at radius 2 is 1.78 bits per heavy atom. The van der Waals surface area contributed by atoms with Gasteiger partial charge in [0.05, 0.1) is 12.7 Å². The Kier molecular flexibility index (Phi) is 5.79. The number of ether oxygens (including phenoxy) is 1. The molecule has 0 radical (unpaired) electrons. The van der Waals surface area contributed by atoms with Crippen LogP contribution in [-0.4, -0.2) is 23.9 Å². The zero-order chi connectivity index (χ0) is 19.1. The van der Waals surface area contributed by atoms with Crippen molar-refractivity contribution >= 4 is 17.5 Å². The van der Waals surface area contributed by atoms with Gasteiger partial charge < -0.3 is 15.4 Å². The highest BCUT2D eigenvalue weighted by Crippen LogP contribution is 2.17. The summed E-state index contributed by atoms with van der Waals surface area (Å²) >= 11 is 0. The number of nitrogens with one attached hydrogen (secondary N) is 2. The number of hydrogen-bond acceptors (Lipinski definition) is 4. The van der Waals surface area contributed by atoms with Crippen molar-refractivity contribution in [3.8, 4) is 5.75 Å². The zero-order valence-corrected chi connectivity index (χ0v) is 14.8. The second-order valence-electron chi connectivity index (χ2n) is 5.77. The largest absolute Gasteiger partial charge is 0.497 e. The molecule has 2 aromatic carbocycles. The lowest BCUT2D eigenvalue weighted by molar-refractivity contribution is 0.0950. The first-order chi connectivity index (χ1) is 13.2. The van der Waals surface area contributed by atoms with Crippen LogP contribution in [0.3, 0.4) is 0 Å². The highest BCUT2D eigenvalue weighted by Gasteiger charge is 2.11. The van der Waals surface area contributed by atoms with Crippen LogP contribution in [-0.2, 0) is 6.54 Å². The average molecular weight is 361 g/mol. The van der Waals surface area contributed by atoms with Crippen molar-refractivity contribution in [2.45, 2.75) is 6.54 Å². The highest BCUT2D eigenvalue weighted by molar-refractivity contribution is 6.04. The van der Waals surface area contributed by atoms with Crippen molar-refractivity contribution in [3.63, 3.8) is 0 Å². The molecule has 27 heavy (non-hydrogen) atoms. The number of aromatic nitrogens is 1. The average Bonchev–Trinajstić information content (AvgIpc) is 2.73. The van der Waals surface area contributed by atoms with Crippen molar-refractivity contribution in [3.05, 3.63) is 89.7 Å². The lowest BCUT2D eigenvalue weighted by Crippen LogP contribution is -2.24. The van der Waals surface area contributed by atoms with E-state index in [9.17, 15) is 9.59 Å². The topological polar surface area (TPSA) is 80.3 Å². The van der Waals surface area contributed by atoms with E-state index in [0.717, 1.165) is 5.56 Å². The van der Waals surface area contributed by atoms with Crippen molar-refractivity contribution in [2.75, 3.05) is 12.4 Å². The molecule has 136 valence electrons. The van der Waals surface area contributed by atoms with E-state index in [1.165, 1.54) is 6.20 Å². The minimum absolute atomic E-state index is 0.220. The Labute approximate surface area is 157 Å². The van der Waals surface area contributed by atoms with Gasteiger partial charge in [-0.3, -0.25) is 14.6 Å². The third-order valence-corrected chi connectivity index (χ3v) is 3.96. The van der Waals surface area contributed by atoms with E-state index in [-0.39, 0.29) is 18.4 Å². The molecule has 0 fully saturated rings. The Bertz CT molecular complexity index is 942. The fraction of sp³-hybridized carbons (Fsp3) is 0.0952. The Balaban J connectivity index is 1.69. The van der Waals surface area contributed by atoms with E-state index in [1.54, 1.807) is 55.8 Å². The van der Waals surface area contributed by atoms with Crippen molar-refractivity contribution < 1.29 is 14.3 Å². The summed E-state index contributed by atoms with van der Waals surface area (Å²) in [7, 11) is 1.55. The van der Waals surface area contributed by atoms with E-state index in [4.69, 9.17) is 4.74 Å². The SMILES string of the molecule is COc1cccc(C(=O)NCc2ccccc2NC(=O)c2cccnc2)c1. The smallest absolute Gasteiger partial charge is 0.257 e. The molecule has 0 saturated carbocycles. The van der Waals surface area contributed by atoms with Gasteiger partial charge in [0.25, 0.3) is 11.8 Å². The van der Waals surface area contributed by atoms with Crippen LogP contribution in [0.25, 0.3) is 0 Å². The van der Waals surface area contributed by atoms with E-state index in [0.29, 0.717) is 22.6 Å². The van der Waals surface area contributed by atoms with Gasteiger partial charge in [0.1, 0.15) is 5.75 Å². The van der Waals surface area contributed by atoms with Gasteiger partial charge in [0.15, 0.2) is 0 Å². The van der Waals surface area contributed by atoms with Crippen LogP contribution in [0, 0.1) is 0 Å². The molecule has 2 N–H and O–H groups in total. The monoisotopic (exact) mass is 361 g/mol. The number of methoxy groups -OCH3 is 1. The Hall–Kier alpha value is -3.67. The van der Waals surface area contributed by atoms with Gasteiger partial charge in [-0.1, -0.05) is 24.3 Å². The maximum Gasteiger partial charge on any atom is 0.257 e. The van der Waals surface area contributed by atoms with E-state index < -0.39 is 0 Å². The van der Waals surface area contributed by atoms with Crippen LogP contribution >= 0.6 is 0 Å². The molecular weight excluding hydrogens is 342 g/mol. The van der Waals surface area contributed by atoms with Crippen LogP contribution in [0.2, 0.25) is 0 Å². The van der Waals surface area contributed by atoms with Crippen LogP contribution in [0.1, 0.15) is 26.3 Å². The van der Waals surface area contributed by atoms with Gasteiger partial charge in [-0.25, -0.2) is 0 Å². The number of anilines is 1. The summed E-state index contributed by atoms with van der Waals surface area (Å²) in [6, 6.07) is 17.6. The van der Waals surface area contributed by atoms with Crippen LogP contribution in [0.5, 0.6) is 5.75 Å². The number of amides is 2. The second kappa shape index (κ2) is 8.62. The maximum atomic E-state index is 12.4. The number of para-hydroxylation sites is 1. The molecule has 0 saturated heterocycles. The summed E-state index contributed by atoms with van der Waals surface area (Å²) in [5.41, 5.74) is 2.40. The summed E-state index contributed by atoms with van der Waals surface area (Å²) in [5, 5.41) is 5.72. The third kappa shape index (κ3) is 4.70. The highest BCUT2D eigenvalue weighted by atomic mass is 16.5. The lowest BCUT2D eigenvalue weighted by Gasteiger charge is -2.12. The first-order valence-corrected chi connectivity index (χ1v) is 8.39. The standard InChI is InChI=1S/C21H19N3O3/c1-27-18-9-4-7-15(12-18)20(25)23-14-16-6-2-3-10-19(16)24-21(26)17-8-5-11-22-13-17/h2-13H,14H2,1H3,(H,23,25)(H,24,26). The molecule has 2 amide bonds. The minimum Gasteiger partial charge on any atom is -0.497 e. The maximum absolute atomic E-state index is 12.4. The van der Waals surface area contributed by atoms with Gasteiger partial charge in [0, 0.05) is 30.2 Å². The van der Waals surface area contributed by atoms with Crippen LogP contribution in [0.15, 0.2) is 73.1 Å². The molecule has 0 aliphatic rings. The van der Waals surface area contributed by atoms with Crippen LogP contribution in [0.4, 0.5) is 5.69 Å². The first kappa shape index (κ1) is 18.1. The van der Waals surface area contributed by atoms with E-state index in [1.807, 2.05) is 18.2 Å². The fourth-order valence-corrected chi connectivity index (χ4v) is 2.53. The molecule has 1 aromatic heterocycles. The molecule has 3 rings (SSSR count). The predicted octanol–water partition coefficient (Wildman–Crippen LogP) is 3.27. The summed E-state index contributed by atoms with van der Waals surface area (Å²) in [6.07, 6.45) is 3.11. The molecule has 0 aliphatic carbocycles. The number of hydrogen-bond donors (Lipinski definition) is 2. The summed E-state index contributed by atoms with van der Waals surface area (Å²) < 4.78 is 5.14. The van der Waals surface area contributed by atoms with Gasteiger partial charge in [-0.2, -0.15) is 0 Å². The van der Waals surface area contributed by atoms with Crippen LogP contribution < -0.4 is 15.4 Å². The molecule has 0 aliphatic heterocycles. The van der Waals surface area contributed by atoms with Crippen molar-refractivity contribution in [2.24, 2.45) is 0 Å². The molecule has 0 bridgehead atoms. The number of benzene rings is 2.